The maximum absolute atomic E-state index is 12.4. The average molecular weight is 369 g/mol. The summed E-state index contributed by atoms with van der Waals surface area (Å²) in [6.07, 6.45) is 8.11. The van der Waals surface area contributed by atoms with Crippen molar-refractivity contribution in [2.75, 3.05) is 7.11 Å². The van der Waals surface area contributed by atoms with E-state index in [4.69, 9.17) is 0 Å². The standard InChI is InChI=1S/C18H21N3O3.C3H6/c1-11(2)5-6-16(19-3)21-17(22)13-7-12-9-15(18(23)24-4)20-10-14(12)8-13;1-3-2/h5-6,9-10,13H,3,7-8H2,1-2,4H3,(H,21,22);3H,1H2,2H3/b16-6+;. The number of esters is 1. The first-order valence-corrected chi connectivity index (χ1v) is 8.62. The molecule has 0 saturated heterocycles. The lowest BCUT2D eigenvalue weighted by atomic mass is 10.1. The highest BCUT2D eigenvalue weighted by Crippen LogP contribution is 2.27. The Kier molecular flexibility index (Phi) is 8.85. The van der Waals surface area contributed by atoms with Crippen LogP contribution in [0.3, 0.4) is 0 Å². The van der Waals surface area contributed by atoms with Gasteiger partial charge in [-0.1, -0.05) is 17.7 Å². The molecule has 1 aromatic heterocycles. The predicted molar refractivity (Wildman–Crippen MR) is 108 cm³/mol. The molecule has 1 aliphatic carbocycles. The van der Waals surface area contributed by atoms with Crippen molar-refractivity contribution in [2.45, 2.75) is 33.6 Å². The third-order valence-electron chi connectivity index (χ3n) is 3.78. The van der Waals surface area contributed by atoms with E-state index in [2.05, 4.69) is 33.3 Å². The Balaban J connectivity index is 0.00000114. The van der Waals surface area contributed by atoms with Crippen LogP contribution in [0.2, 0.25) is 0 Å². The van der Waals surface area contributed by atoms with Crippen LogP contribution in [0.5, 0.6) is 0 Å². The number of ether oxygens (including phenoxy) is 1. The summed E-state index contributed by atoms with van der Waals surface area (Å²) < 4.78 is 4.67. The molecule has 6 nitrogen and oxygen atoms in total. The number of carbonyl (C=O) groups excluding carboxylic acids is 2. The van der Waals surface area contributed by atoms with Crippen LogP contribution in [0, 0.1) is 5.92 Å². The smallest absolute Gasteiger partial charge is 0.356 e. The summed E-state index contributed by atoms with van der Waals surface area (Å²) in [6, 6.07) is 1.69. The third-order valence-corrected chi connectivity index (χ3v) is 3.78. The van der Waals surface area contributed by atoms with Crippen molar-refractivity contribution in [3.8, 4) is 0 Å². The number of nitrogens with zero attached hydrogens (tertiary/aromatic N) is 2. The van der Waals surface area contributed by atoms with E-state index in [9.17, 15) is 9.59 Å². The van der Waals surface area contributed by atoms with Crippen LogP contribution < -0.4 is 5.32 Å². The molecule has 1 atom stereocenters. The summed E-state index contributed by atoms with van der Waals surface area (Å²) >= 11 is 0. The summed E-state index contributed by atoms with van der Waals surface area (Å²) in [6.45, 7) is 12.6. The number of fused-ring (bicyclic) bond motifs is 1. The molecule has 1 unspecified atom stereocenters. The van der Waals surface area contributed by atoms with Gasteiger partial charge < -0.3 is 10.1 Å². The summed E-state index contributed by atoms with van der Waals surface area (Å²) in [5.41, 5.74) is 3.28. The summed E-state index contributed by atoms with van der Waals surface area (Å²) in [7, 11) is 1.32. The molecule has 1 N–H and O–H groups in total. The van der Waals surface area contributed by atoms with E-state index in [-0.39, 0.29) is 17.5 Å². The number of carbonyl (C=O) groups is 2. The minimum atomic E-state index is -0.478. The largest absolute Gasteiger partial charge is 0.464 e. The Morgan fingerprint density at radius 1 is 1.30 bits per heavy atom. The van der Waals surface area contributed by atoms with Gasteiger partial charge in [0.05, 0.1) is 7.11 Å². The van der Waals surface area contributed by atoms with Crippen molar-refractivity contribution in [3.63, 3.8) is 0 Å². The molecule has 0 radical (unpaired) electrons. The van der Waals surface area contributed by atoms with Crippen molar-refractivity contribution in [3.05, 3.63) is 65.3 Å². The Labute approximate surface area is 160 Å². The number of methoxy groups -OCH3 is 1. The molecule has 1 aromatic rings. The van der Waals surface area contributed by atoms with Gasteiger partial charge in [0, 0.05) is 12.1 Å². The number of nitrogens with one attached hydrogen (secondary N) is 1. The number of hydrogen-bond donors (Lipinski definition) is 1. The van der Waals surface area contributed by atoms with E-state index in [1.165, 1.54) is 7.11 Å². The first-order valence-electron chi connectivity index (χ1n) is 8.62. The summed E-state index contributed by atoms with van der Waals surface area (Å²) in [5, 5.41) is 2.78. The lowest BCUT2D eigenvalue weighted by Gasteiger charge is -2.10. The van der Waals surface area contributed by atoms with E-state index in [1.54, 1.807) is 24.4 Å². The van der Waals surface area contributed by atoms with Gasteiger partial charge in [0.25, 0.3) is 0 Å². The molecule has 0 saturated carbocycles. The predicted octanol–water partition coefficient (Wildman–Crippen LogP) is 3.40. The van der Waals surface area contributed by atoms with Gasteiger partial charge in [-0.15, -0.1) is 6.58 Å². The molecular formula is C21H27N3O3. The van der Waals surface area contributed by atoms with Crippen LogP contribution in [-0.4, -0.2) is 30.7 Å². The van der Waals surface area contributed by atoms with Gasteiger partial charge in [-0.25, -0.2) is 14.8 Å². The second kappa shape index (κ2) is 10.9. The number of hydrogen-bond acceptors (Lipinski definition) is 5. The molecule has 0 spiro atoms. The van der Waals surface area contributed by atoms with Crippen LogP contribution in [0.15, 0.2) is 53.5 Å². The zero-order chi connectivity index (χ0) is 20.4. The van der Waals surface area contributed by atoms with E-state index in [1.807, 2.05) is 26.8 Å². The van der Waals surface area contributed by atoms with Gasteiger partial charge in [-0.2, -0.15) is 0 Å². The minimum absolute atomic E-state index is 0.119. The maximum atomic E-state index is 12.4. The molecule has 0 fully saturated rings. The summed E-state index contributed by atoms with van der Waals surface area (Å²) in [5.74, 6) is -0.391. The molecule has 1 heterocycles. The molecule has 27 heavy (non-hydrogen) atoms. The molecule has 6 heteroatoms. The first kappa shape index (κ1) is 22.0. The third kappa shape index (κ3) is 6.66. The lowest BCUT2D eigenvalue weighted by Crippen LogP contribution is -2.30. The highest BCUT2D eigenvalue weighted by Gasteiger charge is 2.29. The minimum Gasteiger partial charge on any atom is -0.464 e. The van der Waals surface area contributed by atoms with Gasteiger partial charge >= 0.3 is 5.97 Å². The fourth-order valence-electron chi connectivity index (χ4n) is 2.51. The zero-order valence-electron chi connectivity index (χ0n) is 16.4. The number of aliphatic imine (C=N–C) groups is 1. The Morgan fingerprint density at radius 3 is 2.48 bits per heavy atom. The number of allylic oxidation sites excluding steroid dienone is 4. The quantitative estimate of drug-likeness (QED) is 0.373. The molecule has 144 valence electrons. The molecule has 1 aliphatic rings. The lowest BCUT2D eigenvalue weighted by molar-refractivity contribution is -0.124. The van der Waals surface area contributed by atoms with Crippen LogP contribution in [0.25, 0.3) is 0 Å². The average Bonchev–Trinajstić information content (AvgIpc) is 3.08. The fraction of sp³-hybridized carbons (Fsp3) is 0.333. The van der Waals surface area contributed by atoms with E-state index in [0.717, 1.165) is 16.7 Å². The van der Waals surface area contributed by atoms with Crippen molar-refractivity contribution in [1.82, 2.24) is 10.3 Å². The van der Waals surface area contributed by atoms with Crippen molar-refractivity contribution in [1.29, 1.82) is 0 Å². The molecule has 0 aromatic carbocycles. The van der Waals surface area contributed by atoms with Crippen LogP contribution >= 0.6 is 0 Å². The zero-order valence-corrected chi connectivity index (χ0v) is 16.4. The molecule has 2 rings (SSSR count). The van der Waals surface area contributed by atoms with Gasteiger partial charge in [-0.05, 0) is 63.6 Å². The van der Waals surface area contributed by atoms with Crippen molar-refractivity contribution >= 4 is 18.6 Å². The Hall–Kier alpha value is -3.02. The van der Waals surface area contributed by atoms with Crippen molar-refractivity contribution in [2.24, 2.45) is 10.9 Å². The SMILES string of the molecule is C=CC.C=N/C(=C\C=C(C)C)NC(=O)C1Cc2cnc(C(=O)OC)cc2C1. The van der Waals surface area contributed by atoms with E-state index >= 15 is 0 Å². The fourth-order valence-corrected chi connectivity index (χ4v) is 2.51. The van der Waals surface area contributed by atoms with Crippen molar-refractivity contribution < 1.29 is 14.3 Å². The van der Waals surface area contributed by atoms with E-state index < -0.39 is 5.97 Å². The van der Waals surface area contributed by atoms with Gasteiger partial charge in [0.1, 0.15) is 11.5 Å². The Bertz CT molecular complexity index is 775. The topological polar surface area (TPSA) is 80.7 Å². The second-order valence-corrected chi connectivity index (χ2v) is 6.29. The number of aromatic nitrogens is 1. The number of pyridine rings is 1. The second-order valence-electron chi connectivity index (χ2n) is 6.29. The van der Waals surface area contributed by atoms with Crippen LogP contribution in [0.1, 0.15) is 42.4 Å². The highest BCUT2D eigenvalue weighted by molar-refractivity contribution is 5.88. The van der Waals surface area contributed by atoms with Gasteiger partial charge in [0.2, 0.25) is 5.91 Å². The van der Waals surface area contributed by atoms with Gasteiger partial charge in [0.15, 0.2) is 0 Å². The molecular weight excluding hydrogens is 342 g/mol. The molecule has 0 bridgehead atoms. The number of rotatable bonds is 5. The monoisotopic (exact) mass is 369 g/mol. The van der Waals surface area contributed by atoms with Crippen LogP contribution in [0.4, 0.5) is 0 Å². The molecule has 0 aliphatic heterocycles. The highest BCUT2D eigenvalue weighted by atomic mass is 16.5. The normalized spacial score (nSPS) is 14.8. The summed E-state index contributed by atoms with van der Waals surface area (Å²) in [4.78, 5) is 31.9. The first-order chi connectivity index (χ1) is 12.9. The maximum Gasteiger partial charge on any atom is 0.356 e. The Morgan fingerprint density at radius 2 is 1.93 bits per heavy atom. The molecule has 1 amide bonds. The van der Waals surface area contributed by atoms with E-state index in [0.29, 0.717) is 18.7 Å². The van der Waals surface area contributed by atoms with Gasteiger partial charge in [-0.3, -0.25) is 4.79 Å². The van der Waals surface area contributed by atoms with Crippen LogP contribution in [-0.2, 0) is 22.4 Å². The number of amides is 1.